The second-order valence-corrected chi connectivity index (χ2v) is 4.68. The zero-order chi connectivity index (χ0) is 14.8. The van der Waals surface area contributed by atoms with E-state index in [0.717, 1.165) is 18.4 Å². The van der Waals surface area contributed by atoms with Crippen LogP contribution >= 0.6 is 0 Å². The van der Waals surface area contributed by atoms with Crippen LogP contribution in [0.1, 0.15) is 12.0 Å². The highest BCUT2D eigenvalue weighted by atomic mass is 16.6. The molecule has 3 rings (SSSR count). The molecule has 1 aromatic carbocycles. The Labute approximate surface area is 121 Å². The summed E-state index contributed by atoms with van der Waals surface area (Å²) in [6.45, 7) is 0.613. The van der Waals surface area contributed by atoms with Crippen molar-refractivity contribution in [3.05, 3.63) is 40.1 Å². The van der Waals surface area contributed by atoms with Crippen LogP contribution in [0.5, 0.6) is 5.75 Å². The molecule has 1 aromatic heterocycles. The molecule has 7 heteroatoms. The van der Waals surface area contributed by atoms with E-state index >= 15 is 0 Å². The molecule has 0 atom stereocenters. The predicted octanol–water partition coefficient (Wildman–Crippen LogP) is 2.42. The molecule has 1 aliphatic rings. The van der Waals surface area contributed by atoms with Crippen LogP contribution in [0.2, 0.25) is 0 Å². The predicted molar refractivity (Wildman–Crippen MR) is 77.5 cm³/mol. The molecule has 0 spiro atoms. The summed E-state index contributed by atoms with van der Waals surface area (Å²) in [5.74, 6) is 1.02. The van der Waals surface area contributed by atoms with Gasteiger partial charge in [-0.25, -0.2) is 9.97 Å². The number of rotatable bonds is 3. The third-order valence-corrected chi connectivity index (χ3v) is 3.38. The Morgan fingerprint density at radius 2 is 2.29 bits per heavy atom. The van der Waals surface area contributed by atoms with Gasteiger partial charge in [0.05, 0.1) is 11.5 Å². The molecule has 0 bridgehead atoms. The van der Waals surface area contributed by atoms with Crippen molar-refractivity contribution < 1.29 is 9.66 Å². The van der Waals surface area contributed by atoms with E-state index in [1.54, 1.807) is 13.1 Å². The SMILES string of the molecule is CNc1ncc([N+](=O)[O-])c(-c2cccc3c2OCCC3)n1. The van der Waals surface area contributed by atoms with Crippen LogP contribution in [-0.2, 0) is 6.42 Å². The molecule has 2 aromatic rings. The summed E-state index contributed by atoms with van der Waals surface area (Å²) in [6, 6.07) is 5.64. The number of hydrogen-bond donors (Lipinski definition) is 1. The van der Waals surface area contributed by atoms with Gasteiger partial charge in [-0.2, -0.15) is 0 Å². The maximum absolute atomic E-state index is 11.2. The van der Waals surface area contributed by atoms with Gasteiger partial charge in [0.2, 0.25) is 5.95 Å². The average molecular weight is 286 g/mol. The van der Waals surface area contributed by atoms with Crippen molar-refractivity contribution >= 4 is 11.6 Å². The standard InChI is InChI=1S/C14H14N4O3/c1-15-14-16-8-11(18(19)20)12(17-14)10-6-2-4-9-5-3-7-21-13(9)10/h2,4,6,8H,3,5,7H2,1H3,(H,15,16,17). The van der Waals surface area contributed by atoms with Crippen molar-refractivity contribution in [1.82, 2.24) is 9.97 Å². The molecule has 108 valence electrons. The molecule has 0 saturated heterocycles. The van der Waals surface area contributed by atoms with Crippen molar-refractivity contribution in [2.75, 3.05) is 19.0 Å². The fourth-order valence-corrected chi connectivity index (χ4v) is 2.40. The van der Waals surface area contributed by atoms with Gasteiger partial charge in [-0.05, 0) is 24.5 Å². The molecule has 0 saturated carbocycles. The smallest absolute Gasteiger partial charge is 0.313 e. The van der Waals surface area contributed by atoms with Crippen molar-refractivity contribution in [3.8, 4) is 17.0 Å². The number of benzene rings is 1. The van der Waals surface area contributed by atoms with Crippen molar-refractivity contribution in [3.63, 3.8) is 0 Å². The van der Waals surface area contributed by atoms with Gasteiger partial charge in [-0.15, -0.1) is 0 Å². The molecule has 0 amide bonds. The number of ether oxygens (including phenoxy) is 1. The first kappa shape index (κ1) is 13.3. The number of para-hydroxylation sites is 1. The maximum atomic E-state index is 11.2. The zero-order valence-electron chi connectivity index (χ0n) is 11.5. The van der Waals surface area contributed by atoms with Gasteiger partial charge in [0.25, 0.3) is 0 Å². The van der Waals surface area contributed by atoms with Crippen molar-refractivity contribution in [2.24, 2.45) is 0 Å². The van der Waals surface area contributed by atoms with E-state index < -0.39 is 4.92 Å². The van der Waals surface area contributed by atoms with E-state index in [0.29, 0.717) is 23.9 Å². The minimum absolute atomic E-state index is 0.128. The van der Waals surface area contributed by atoms with E-state index in [1.165, 1.54) is 6.20 Å². The van der Waals surface area contributed by atoms with Gasteiger partial charge >= 0.3 is 5.69 Å². The van der Waals surface area contributed by atoms with E-state index in [-0.39, 0.29) is 11.4 Å². The average Bonchev–Trinajstić information content (AvgIpc) is 2.53. The lowest BCUT2D eigenvalue weighted by Gasteiger charge is -2.20. The quantitative estimate of drug-likeness (QED) is 0.688. The highest BCUT2D eigenvalue weighted by molar-refractivity contribution is 5.76. The fourth-order valence-electron chi connectivity index (χ4n) is 2.40. The Balaban J connectivity index is 2.22. The topological polar surface area (TPSA) is 90.2 Å². The number of fused-ring (bicyclic) bond motifs is 1. The monoisotopic (exact) mass is 286 g/mol. The minimum atomic E-state index is -0.475. The van der Waals surface area contributed by atoms with Crippen LogP contribution < -0.4 is 10.1 Å². The Hall–Kier alpha value is -2.70. The van der Waals surface area contributed by atoms with Gasteiger partial charge < -0.3 is 10.1 Å². The number of nitro groups is 1. The summed E-state index contributed by atoms with van der Waals surface area (Å²) in [6.07, 6.45) is 3.07. The Morgan fingerprint density at radius 1 is 1.43 bits per heavy atom. The normalized spacial score (nSPS) is 13.2. The summed E-state index contributed by atoms with van der Waals surface area (Å²) in [7, 11) is 1.67. The first-order valence-corrected chi connectivity index (χ1v) is 6.65. The first-order chi connectivity index (χ1) is 10.2. The Kier molecular flexibility index (Phi) is 3.39. The highest BCUT2D eigenvalue weighted by Gasteiger charge is 2.24. The van der Waals surface area contributed by atoms with Crippen molar-refractivity contribution in [2.45, 2.75) is 12.8 Å². The van der Waals surface area contributed by atoms with Gasteiger partial charge in [0, 0.05) is 12.6 Å². The molecule has 0 radical (unpaired) electrons. The van der Waals surface area contributed by atoms with Crippen LogP contribution in [0.4, 0.5) is 11.6 Å². The van der Waals surface area contributed by atoms with E-state index in [4.69, 9.17) is 4.74 Å². The summed E-state index contributed by atoms with van der Waals surface area (Å²) in [5, 5.41) is 14.0. The van der Waals surface area contributed by atoms with Crippen LogP contribution in [0.25, 0.3) is 11.3 Å². The molecule has 0 aliphatic carbocycles. The number of nitrogens with zero attached hydrogens (tertiary/aromatic N) is 3. The van der Waals surface area contributed by atoms with E-state index in [9.17, 15) is 10.1 Å². The molecule has 21 heavy (non-hydrogen) atoms. The molecule has 2 heterocycles. The number of aryl methyl sites for hydroxylation is 1. The molecule has 0 fully saturated rings. The molecule has 1 aliphatic heterocycles. The lowest BCUT2D eigenvalue weighted by atomic mass is 10.00. The molecule has 0 unspecified atom stereocenters. The van der Waals surface area contributed by atoms with Gasteiger partial charge in [0.1, 0.15) is 11.9 Å². The number of nitrogens with one attached hydrogen (secondary N) is 1. The van der Waals surface area contributed by atoms with E-state index in [1.807, 2.05) is 12.1 Å². The second-order valence-electron chi connectivity index (χ2n) is 4.68. The molecular weight excluding hydrogens is 272 g/mol. The summed E-state index contributed by atoms with van der Waals surface area (Å²) in [4.78, 5) is 18.9. The second kappa shape index (κ2) is 5.35. The number of aromatic nitrogens is 2. The third-order valence-electron chi connectivity index (χ3n) is 3.38. The van der Waals surface area contributed by atoms with Crippen molar-refractivity contribution in [1.29, 1.82) is 0 Å². The number of hydrogen-bond acceptors (Lipinski definition) is 6. The van der Waals surface area contributed by atoms with Crippen LogP contribution in [0.3, 0.4) is 0 Å². The van der Waals surface area contributed by atoms with E-state index in [2.05, 4.69) is 15.3 Å². The highest BCUT2D eigenvalue weighted by Crippen LogP contribution is 2.39. The summed E-state index contributed by atoms with van der Waals surface area (Å²) < 4.78 is 5.71. The minimum Gasteiger partial charge on any atom is -0.493 e. The lowest BCUT2D eigenvalue weighted by Crippen LogP contribution is -2.10. The first-order valence-electron chi connectivity index (χ1n) is 6.65. The van der Waals surface area contributed by atoms with Gasteiger partial charge in [-0.1, -0.05) is 12.1 Å². The number of anilines is 1. The van der Waals surface area contributed by atoms with Gasteiger partial charge in [-0.3, -0.25) is 10.1 Å². The lowest BCUT2D eigenvalue weighted by molar-refractivity contribution is -0.384. The Morgan fingerprint density at radius 3 is 3.05 bits per heavy atom. The summed E-state index contributed by atoms with van der Waals surface area (Å²) >= 11 is 0. The van der Waals surface area contributed by atoms with Crippen LogP contribution in [0, 0.1) is 10.1 Å². The maximum Gasteiger partial charge on any atom is 0.313 e. The zero-order valence-corrected chi connectivity index (χ0v) is 11.5. The van der Waals surface area contributed by atoms with Crippen LogP contribution in [-0.4, -0.2) is 28.5 Å². The third kappa shape index (κ3) is 2.37. The summed E-state index contributed by atoms with van der Waals surface area (Å²) in [5.41, 5.74) is 1.84. The fraction of sp³-hybridized carbons (Fsp3) is 0.286. The van der Waals surface area contributed by atoms with Crippen LogP contribution in [0.15, 0.2) is 24.4 Å². The molecular formula is C14H14N4O3. The largest absolute Gasteiger partial charge is 0.493 e. The molecule has 7 nitrogen and oxygen atoms in total. The van der Waals surface area contributed by atoms with Gasteiger partial charge in [0.15, 0.2) is 5.69 Å². The molecule has 1 N–H and O–H groups in total. The Bertz CT molecular complexity index is 703.